The number of carbonyl (C=O) groups is 2. The van der Waals surface area contributed by atoms with E-state index >= 15 is 0 Å². The Morgan fingerprint density at radius 2 is 1.56 bits per heavy atom. The minimum Gasteiger partial charge on any atom is -0.369 e. The SMILES string of the molecule is CCCCC(C(N)=O)C(CC(C)C)C(N)=O. The Hall–Kier alpha value is -1.06. The molecule has 2 atom stereocenters. The summed E-state index contributed by atoms with van der Waals surface area (Å²) < 4.78 is 0. The Kier molecular flexibility index (Phi) is 6.77. The minimum atomic E-state index is -0.413. The van der Waals surface area contributed by atoms with Crippen LogP contribution in [0.4, 0.5) is 0 Å². The van der Waals surface area contributed by atoms with E-state index in [4.69, 9.17) is 11.5 Å². The second-order valence-corrected chi connectivity index (χ2v) is 4.79. The van der Waals surface area contributed by atoms with Crippen LogP contribution in [0.25, 0.3) is 0 Å². The normalized spacial score (nSPS) is 14.8. The Morgan fingerprint density at radius 3 is 1.88 bits per heavy atom. The Balaban J connectivity index is 4.65. The molecule has 0 aromatic rings. The quantitative estimate of drug-likeness (QED) is 0.658. The van der Waals surface area contributed by atoms with Gasteiger partial charge in [0, 0.05) is 11.8 Å². The van der Waals surface area contributed by atoms with Gasteiger partial charge < -0.3 is 11.5 Å². The molecule has 0 bridgehead atoms. The first-order chi connectivity index (χ1) is 7.40. The molecule has 4 N–H and O–H groups in total. The van der Waals surface area contributed by atoms with Crippen molar-refractivity contribution in [2.45, 2.75) is 46.5 Å². The van der Waals surface area contributed by atoms with E-state index in [1.165, 1.54) is 0 Å². The van der Waals surface area contributed by atoms with Crippen LogP contribution in [0.1, 0.15) is 46.5 Å². The average molecular weight is 228 g/mol. The van der Waals surface area contributed by atoms with Crippen molar-refractivity contribution in [1.82, 2.24) is 0 Å². The number of rotatable bonds is 8. The molecule has 0 spiro atoms. The lowest BCUT2D eigenvalue weighted by molar-refractivity contribution is -0.132. The van der Waals surface area contributed by atoms with Crippen LogP contribution in [-0.2, 0) is 9.59 Å². The number of amides is 2. The highest BCUT2D eigenvalue weighted by atomic mass is 16.2. The zero-order valence-electron chi connectivity index (χ0n) is 10.5. The van der Waals surface area contributed by atoms with Crippen LogP contribution in [0, 0.1) is 17.8 Å². The molecule has 0 saturated heterocycles. The monoisotopic (exact) mass is 228 g/mol. The molecule has 4 nitrogen and oxygen atoms in total. The maximum atomic E-state index is 11.4. The van der Waals surface area contributed by atoms with Crippen LogP contribution in [0.3, 0.4) is 0 Å². The van der Waals surface area contributed by atoms with Gasteiger partial charge in [0.15, 0.2) is 0 Å². The summed E-state index contributed by atoms with van der Waals surface area (Å²) in [5.41, 5.74) is 10.7. The first-order valence-corrected chi connectivity index (χ1v) is 5.98. The Labute approximate surface area is 97.8 Å². The fourth-order valence-electron chi connectivity index (χ4n) is 1.95. The van der Waals surface area contributed by atoms with Gasteiger partial charge in [-0.1, -0.05) is 33.6 Å². The molecule has 2 amide bonds. The number of carbonyl (C=O) groups excluding carboxylic acids is 2. The first-order valence-electron chi connectivity index (χ1n) is 5.98. The standard InChI is InChI=1S/C12H24N2O2/c1-4-5-6-9(11(13)15)10(12(14)16)7-8(2)3/h8-10H,4-7H2,1-3H3,(H2,13,15)(H2,14,16). The molecule has 94 valence electrons. The van der Waals surface area contributed by atoms with E-state index in [1.54, 1.807) is 0 Å². The molecular weight excluding hydrogens is 204 g/mol. The maximum Gasteiger partial charge on any atom is 0.221 e. The second-order valence-electron chi connectivity index (χ2n) is 4.79. The molecule has 0 fully saturated rings. The summed E-state index contributed by atoms with van der Waals surface area (Å²) in [4.78, 5) is 22.7. The summed E-state index contributed by atoms with van der Waals surface area (Å²) in [7, 11) is 0. The molecule has 0 heterocycles. The molecule has 0 rings (SSSR count). The van der Waals surface area contributed by atoms with E-state index in [2.05, 4.69) is 0 Å². The van der Waals surface area contributed by atoms with E-state index in [0.717, 1.165) is 12.8 Å². The van der Waals surface area contributed by atoms with Crippen LogP contribution in [0.5, 0.6) is 0 Å². The van der Waals surface area contributed by atoms with Crippen LogP contribution >= 0.6 is 0 Å². The summed E-state index contributed by atoms with van der Waals surface area (Å²) in [6.45, 7) is 6.06. The largest absolute Gasteiger partial charge is 0.369 e. The van der Waals surface area contributed by atoms with Crippen LogP contribution < -0.4 is 11.5 Å². The molecule has 0 aromatic heterocycles. The molecule has 0 aliphatic carbocycles. The smallest absolute Gasteiger partial charge is 0.221 e. The number of hydrogen-bond acceptors (Lipinski definition) is 2. The Bertz CT molecular complexity index is 239. The van der Waals surface area contributed by atoms with E-state index in [9.17, 15) is 9.59 Å². The summed E-state index contributed by atoms with van der Waals surface area (Å²) >= 11 is 0. The van der Waals surface area contributed by atoms with Gasteiger partial charge >= 0.3 is 0 Å². The first kappa shape index (κ1) is 14.9. The van der Waals surface area contributed by atoms with Gasteiger partial charge in [0.1, 0.15) is 0 Å². The van der Waals surface area contributed by atoms with Crippen LogP contribution in [0.2, 0.25) is 0 Å². The lowest BCUT2D eigenvalue weighted by atomic mass is 9.81. The van der Waals surface area contributed by atoms with Crippen molar-refractivity contribution in [3.8, 4) is 0 Å². The fraction of sp³-hybridized carbons (Fsp3) is 0.833. The number of hydrogen-bond donors (Lipinski definition) is 2. The van der Waals surface area contributed by atoms with Gasteiger partial charge in [0.05, 0.1) is 0 Å². The molecule has 4 heteroatoms. The van der Waals surface area contributed by atoms with Crippen LogP contribution in [0.15, 0.2) is 0 Å². The van der Waals surface area contributed by atoms with Gasteiger partial charge in [0.2, 0.25) is 11.8 Å². The number of unbranched alkanes of at least 4 members (excludes halogenated alkanes) is 1. The van der Waals surface area contributed by atoms with Crippen molar-refractivity contribution in [3.63, 3.8) is 0 Å². The summed E-state index contributed by atoms with van der Waals surface area (Å²) in [6, 6.07) is 0. The van der Waals surface area contributed by atoms with Crippen molar-refractivity contribution in [1.29, 1.82) is 0 Å². The topological polar surface area (TPSA) is 86.2 Å². The van der Waals surface area contributed by atoms with Crippen molar-refractivity contribution < 1.29 is 9.59 Å². The van der Waals surface area contributed by atoms with E-state index in [0.29, 0.717) is 18.8 Å². The van der Waals surface area contributed by atoms with Gasteiger partial charge in [-0.25, -0.2) is 0 Å². The zero-order chi connectivity index (χ0) is 12.7. The molecule has 0 aromatic carbocycles. The third kappa shape index (κ3) is 5.14. The van der Waals surface area contributed by atoms with Crippen molar-refractivity contribution in [3.05, 3.63) is 0 Å². The molecule has 2 unspecified atom stereocenters. The molecular formula is C12H24N2O2. The minimum absolute atomic E-state index is 0.334. The lowest BCUT2D eigenvalue weighted by Crippen LogP contribution is -2.38. The van der Waals surface area contributed by atoms with Gasteiger partial charge in [0.25, 0.3) is 0 Å². The third-order valence-corrected chi connectivity index (χ3v) is 2.81. The summed E-state index contributed by atoms with van der Waals surface area (Å²) in [6.07, 6.45) is 3.17. The number of primary amides is 2. The van der Waals surface area contributed by atoms with E-state index < -0.39 is 23.7 Å². The summed E-state index contributed by atoms with van der Waals surface area (Å²) in [5.74, 6) is -1.30. The molecule has 16 heavy (non-hydrogen) atoms. The van der Waals surface area contributed by atoms with Crippen molar-refractivity contribution in [2.24, 2.45) is 29.2 Å². The summed E-state index contributed by atoms with van der Waals surface area (Å²) in [5, 5.41) is 0. The molecule has 0 saturated carbocycles. The van der Waals surface area contributed by atoms with Crippen molar-refractivity contribution >= 4 is 11.8 Å². The van der Waals surface area contributed by atoms with Crippen LogP contribution in [-0.4, -0.2) is 11.8 Å². The molecule has 0 aliphatic heterocycles. The predicted octanol–water partition coefficient (Wildman–Crippen LogP) is 1.43. The van der Waals surface area contributed by atoms with Gasteiger partial charge in [-0.15, -0.1) is 0 Å². The van der Waals surface area contributed by atoms with E-state index in [-0.39, 0.29) is 0 Å². The maximum absolute atomic E-state index is 11.4. The zero-order valence-corrected chi connectivity index (χ0v) is 10.5. The van der Waals surface area contributed by atoms with Gasteiger partial charge in [-0.3, -0.25) is 9.59 Å². The Morgan fingerprint density at radius 1 is 1.06 bits per heavy atom. The van der Waals surface area contributed by atoms with Crippen molar-refractivity contribution in [2.75, 3.05) is 0 Å². The second kappa shape index (κ2) is 7.25. The highest BCUT2D eigenvalue weighted by Crippen LogP contribution is 2.24. The highest BCUT2D eigenvalue weighted by molar-refractivity contribution is 5.85. The molecule has 0 aliphatic rings. The third-order valence-electron chi connectivity index (χ3n) is 2.81. The van der Waals surface area contributed by atoms with Gasteiger partial charge in [-0.2, -0.15) is 0 Å². The fourth-order valence-corrected chi connectivity index (χ4v) is 1.95. The average Bonchev–Trinajstić information content (AvgIpc) is 2.15. The van der Waals surface area contributed by atoms with E-state index in [1.807, 2.05) is 20.8 Å². The lowest BCUT2D eigenvalue weighted by Gasteiger charge is -2.23. The number of nitrogens with two attached hydrogens (primary N) is 2. The van der Waals surface area contributed by atoms with Gasteiger partial charge in [-0.05, 0) is 18.8 Å². The highest BCUT2D eigenvalue weighted by Gasteiger charge is 2.30. The predicted molar refractivity (Wildman–Crippen MR) is 64.3 cm³/mol. The molecule has 0 radical (unpaired) electrons.